The summed E-state index contributed by atoms with van der Waals surface area (Å²) in [6.45, 7) is 11.4. The normalized spacial score (nSPS) is 16.2. The molecule has 0 amide bonds. The maximum Gasteiger partial charge on any atom is 0.390 e. The lowest BCUT2D eigenvalue weighted by Crippen LogP contribution is -2.33. The number of nitrogens with zero attached hydrogens (tertiary/aromatic N) is 2. The van der Waals surface area contributed by atoms with Crippen molar-refractivity contribution in [3.8, 4) is 0 Å². The highest BCUT2D eigenvalue weighted by Gasteiger charge is 2.30. The van der Waals surface area contributed by atoms with E-state index in [2.05, 4.69) is 10.4 Å². The lowest BCUT2D eigenvalue weighted by Gasteiger charge is -2.21. The second-order valence-electron chi connectivity index (χ2n) is 6.39. The van der Waals surface area contributed by atoms with Gasteiger partial charge in [0.2, 0.25) is 0 Å². The predicted octanol–water partition coefficient (Wildman–Crippen LogP) is 3.94. The fourth-order valence-electron chi connectivity index (χ4n) is 2.16. The second kappa shape index (κ2) is 5.76. The van der Waals surface area contributed by atoms with E-state index in [1.165, 1.54) is 0 Å². The standard InChI is InChI=1S/C14H24F3N3/c1-9(7-14(15,16)17)18-10(2)12-8-20(13(4,5)6)19-11(12)3/h8-10,18H,7H2,1-6H3/t9-,10-/m1/s1. The van der Waals surface area contributed by atoms with Gasteiger partial charge in [-0.25, -0.2) is 0 Å². The van der Waals surface area contributed by atoms with Crippen molar-refractivity contribution in [3.63, 3.8) is 0 Å². The first-order chi connectivity index (χ1) is 8.90. The van der Waals surface area contributed by atoms with Gasteiger partial charge >= 0.3 is 6.18 Å². The number of halogens is 3. The molecular formula is C14H24F3N3. The van der Waals surface area contributed by atoms with Crippen LogP contribution < -0.4 is 5.32 Å². The van der Waals surface area contributed by atoms with Gasteiger partial charge in [0, 0.05) is 23.8 Å². The van der Waals surface area contributed by atoms with Crippen LogP contribution in [0.5, 0.6) is 0 Å². The van der Waals surface area contributed by atoms with Crippen molar-refractivity contribution in [1.29, 1.82) is 0 Å². The highest BCUT2D eigenvalue weighted by Crippen LogP contribution is 2.25. The van der Waals surface area contributed by atoms with E-state index in [4.69, 9.17) is 0 Å². The van der Waals surface area contributed by atoms with E-state index >= 15 is 0 Å². The summed E-state index contributed by atoms with van der Waals surface area (Å²) in [6.07, 6.45) is -3.06. The number of rotatable bonds is 4. The molecule has 6 heteroatoms. The third-order valence-electron chi connectivity index (χ3n) is 3.16. The van der Waals surface area contributed by atoms with Crippen molar-refractivity contribution in [1.82, 2.24) is 15.1 Å². The Morgan fingerprint density at radius 1 is 1.25 bits per heavy atom. The molecule has 0 bridgehead atoms. The van der Waals surface area contributed by atoms with Crippen LogP contribution in [0.4, 0.5) is 13.2 Å². The molecule has 1 rings (SSSR count). The molecule has 0 aromatic carbocycles. The Hall–Kier alpha value is -1.04. The zero-order chi connectivity index (χ0) is 15.7. The molecule has 116 valence electrons. The third kappa shape index (κ3) is 4.81. The van der Waals surface area contributed by atoms with E-state index in [-0.39, 0.29) is 11.6 Å². The molecule has 0 fully saturated rings. The van der Waals surface area contributed by atoms with Gasteiger partial charge in [-0.05, 0) is 41.5 Å². The molecule has 0 unspecified atom stereocenters. The van der Waals surface area contributed by atoms with E-state index in [1.807, 2.05) is 45.5 Å². The summed E-state index contributed by atoms with van der Waals surface area (Å²) in [5, 5.41) is 7.42. The van der Waals surface area contributed by atoms with Crippen LogP contribution in [-0.2, 0) is 5.54 Å². The Morgan fingerprint density at radius 3 is 2.20 bits per heavy atom. The van der Waals surface area contributed by atoms with Crippen molar-refractivity contribution in [2.75, 3.05) is 0 Å². The topological polar surface area (TPSA) is 29.9 Å². The number of nitrogens with one attached hydrogen (secondary N) is 1. The van der Waals surface area contributed by atoms with Crippen LogP contribution in [0.1, 0.15) is 58.3 Å². The second-order valence-corrected chi connectivity index (χ2v) is 6.39. The molecule has 0 saturated carbocycles. The fourth-order valence-corrected chi connectivity index (χ4v) is 2.16. The molecule has 20 heavy (non-hydrogen) atoms. The Kier molecular flexibility index (Phi) is 4.90. The Morgan fingerprint density at radius 2 is 1.80 bits per heavy atom. The highest BCUT2D eigenvalue weighted by molar-refractivity contribution is 5.20. The molecule has 1 aromatic rings. The first kappa shape index (κ1) is 17.0. The molecule has 1 heterocycles. The number of alkyl halides is 3. The lowest BCUT2D eigenvalue weighted by atomic mass is 10.1. The maximum atomic E-state index is 12.3. The van der Waals surface area contributed by atoms with Gasteiger partial charge in [-0.3, -0.25) is 4.68 Å². The monoisotopic (exact) mass is 291 g/mol. The number of aromatic nitrogens is 2. The van der Waals surface area contributed by atoms with Gasteiger partial charge in [0.05, 0.1) is 17.7 Å². The lowest BCUT2D eigenvalue weighted by molar-refractivity contribution is -0.139. The summed E-state index contributed by atoms with van der Waals surface area (Å²) >= 11 is 0. The van der Waals surface area contributed by atoms with Crippen molar-refractivity contribution in [2.45, 2.75) is 71.8 Å². The van der Waals surface area contributed by atoms with Crippen LogP contribution in [0.15, 0.2) is 6.20 Å². The smallest absolute Gasteiger partial charge is 0.307 e. The van der Waals surface area contributed by atoms with Crippen molar-refractivity contribution in [3.05, 3.63) is 17.5 Å². The van der Waals surface area contributed by atoms with E-state index in [0.29, 0.717) is 0 Å². The highest BCUT2D eigenvalue weighted by atomic mass is 19.4. The van der Waals surface area contributed by atoms with Crippen LogP contribution in [0, 0.1) is 6.92 Å². The first-order valence-electron chi connectivity index (χ1n) is 6.79. The zero-order valence-corrected chi connectivity index (χ0v) is 13.0. The van der Waals surface area contributed by atoms with E-state index in [1.54, 1.807) is 6.92 Å². The van der Waals surface area contributed by atoms with Gasteiger partial charge < -0.3 is 5.32 Å². The third-order valence-corrected chi connectivity index (χ3v) is 3.16. The number of hydrogen-bond acceptors (Lipinski definition) is 2. The average Bonchev–Trinajstić information content (AvgIpc) is 2.56. The molecular weight excluding hydrogens is 267 g/mol. The largest absolute Gasteiger partial charge is 0.390 e. The summed E-state index contributed by atoms with van der Waals surface area (Å²) < 4.78 is 38.9. The minimum atomic E-state index is -4.14. The van der Waals surface area contributed by atoms with Crippen LogP contribution in [0.3, 0.4) is 0 Å². The van der Waals surface area contributed by atoms with Crippen LogP contribution in [-0.4, -0.2) is 22.0 Å². The molecule has 0 spiro atoms. The minimum absolute atomic E-state index is 0.139. The molecule has 0 radical (unpaired) electrons. The first-order valence-corrected chi connectivity index (χ1v) is 6.79. The molecule has 2 atom stereocenters. The van der Waals surface area contributed by atoms with Crippen LogP contribution in [0.2, 0.25) is 0 Å². The summed E-state index contributed by atoms with van der Waals surface area (Å²) in [4.78, 5) is 0. The fraction of sp³-hybridized carbons (Fsp3) is 0.786. The molecule has 0 saturated heterocycles. The predicted molar refractivity (Wildman–Crippen MR) is 73.6 cm³/mol. The molecule has 3 nitrogen and oxygen atoms in total. The summed E-state index contributed by atoms with van der Waals surface area (Å²) in [5.74, 6) is 0. The van der Waals surface area contributed by atoms with Crippen molar-refractivity contribution < 1.29 is 13.2 Å². The maximum absolute atomic E-state index is 12.3. The molecule has 1 N–H and O–H groups in total. The summed E-state index contributed by atoms with van der Waals surface area (Å²) in [7, 11) is 0. The zero-order valence-electron chi connectivity index (χ0n) is 13.0. The van der Waals surface area contributed by atoms with E-state index in [0.717, 1.165) is 11.3 Å². The summed E-state index contributed by atoms with van der Waals surface area (Å²) in [6, 6.07) is -0.786. The minimum Gasteiger partial charge on any atom is -0.307 e. The van der Waals surface area contributed by atoms with E-state index in [9.17, 15) is 13.2 Å². The average molecular weight is 291 g/mol. The van der Waals surface area contributed by atoms with Gasteiger partial charge in [0.25, 0.3) is 0 Å². The van der Waals surface area contributed by atoms with Gasteiger partial charge in [-0.15, -0.1) is 0 Å². The number of aryl methyl sites for hydroxylation is 1. The Bertz CT molecular complexity index is 443. The van der Waals surface area contributed by atoms with Gasteiger partial charge in [0.15, 0.2) is 0 Å². The van der Waals surface area contributed by atoms with Crippen molar-refractivity contribution >= 4 is 0 Å². The molecule has 0 aliphatic heterocycles. The van der Waals surface area contributed by atoms with Crippen molar-refractivity contribution in [2.24, 2.45) is 0 Å². The van der Waals surface area contributed by atoms with Crippen LogP contribution in [0.25, 0.3) is 0 Å². The van der Waals surface area contributed by atoms with Gasteiger partial charge in [0.1, 0.15) is 0 Å². The van der Waals surface area contributed by atoms with E-state index < -0.39 is 18.6 Å². The SMILES string of the molecule is Cc1nn(C(C)(C)C)cc1[C@@H](C)N[C@H](C)CC(F)(F)F. The van der Waals surface area contributed by atoms with Gasteiger partial charge in [-0.2, -0.15) is 18.3 Å². The number of hydrogen-bond donors (Lipinski definition) is 1. The molecule has 0 aliphatic rings. The summed E-state index contributed by atoms with van der Waals surface area (Å²) in [5.41, 5.74) is 1.65. The quantitative estimate of drug-likeness (QED) is 0.910. The Balaban J connectivity index is 2.78. The molecule has 0 aliphatic carbocycles. The van der Waals surface area contributed by atoms with Crippen LogP contribution >= 0.6 is 0 Å². The Labute approximate surface area is 118 Å². The van der Waals surface area contributed by atoms with Gasteiger partial charge in [-0.1, -0.05) is 0 Å². The molecule has 1 aromatic heterocycles.